The third-order valence-electron chi connectivity index (χ3n) is 2.68. The lowest BCUT2D eigenvalue weighted by molar-refractivity contribution is 0.134. The van der Waals surface area contributed by atoms with E-state index in [1.807, 2.05) is 30.3 Å². The predicted molar refractivity (Wildman–Crippen MR) is 71.6 cm³/mol. The van der Waals surface area contributed by atoms with Gasteiger partial charge in [-0.25, -0.2) is 0 Å². The van der Waals surface area contributed by atoms with Crippen LogP contribution < -0.4 is 0 Å². The van der Waals surface area contributed by atoms with Crippen molar-refractivity contribution in [3.05, 3.63) is 77.0 Å². The minimum absolute atomic E-state index is 0.696. The van der Waals surface area contributed by atoms with E-state index in [0.29, 0.717) is 5.56 Å². The Balaban J connectivity index is 2.60. The van der Waals surface area contributed by atoms with E-state index in [-0.39, 0.29) is 0 Å². The van der Waals surface area contributed by atoms with E-state index < -0.39 is 5.60 Å². The lowest BCUT2D eigenvalue weighted by atomic mass is 9.87. The molecule has 1 N–H and O–H groups in total. The standard InChI is InChI=1S/C14H12BrNO/c1-2-14(17,11-6-5-9-16-10-11)12-7-3-4-8-13(12)15/h2-10,17H,1H2/t14-/m0/s1. The van der Waals surface area contributed by atoms with E-state index in [2.05, 4.69) is 27.5 Å². The second-order valence-electron chi connectivity index (χ2n) is 3.69. The van der Waals surface area contributed by atoms with Gasteiger partial charge in [0.25, 0.3) is 0 Å². The molecule has 17 heavy (non-hydrogen) atoms. The normalized spacial score (nSPS) is 14.0. The van der Waals surface area contributed by atoms with Crippen molar-refractivity contribution in [3.8, 4) is 0 Å². The van der Waals surface area contributed by atoms with Gasteiger partial charge in [-0.15, -0.1) is 0 Å². The number of hydrogen-bond donors (Lipinski definition) is 1. The fourth-order valence-electron chi connectivity index (χ4n) is 1.74. The molecule has 0 radical (unpaired) electrons. The molecule has 1 atom stereocenters. The Morgan fingerprint density at radius 3 is 2.59 bits per heavy atom. The molecule has 0 spiro atoms. The van der Waals surface area contributed by atoms with Gasteiger partial charge in [0.15, 0.2) is 0 Å². The Hall–Kier alpha value is -1.45. The first kappa shape index (κ1) is 12.0. The van der Waals surface area contributed by atoms with Crippen LogP contribution in [0.1, 0.15) is 11.1 Å². The maximum atomic E-state index is 10.8. The third kappa shape index (κ3) is 2.16. The average Bonchev–Trinajstić information content (AvgIpc) is 2.39. The highest BCUT2D eigenvalue weighted by Crippen LogP contribution is 2.34. The molecule has 2 rings (SSSR count). The van der Waals surface area contributed by atoms with E-state index in [1.54, 1.807) is 18.5 Å². The maximum Gasteiger partial charge on any atom is 0.135 e. The number of halogens is 1. The molecule has 1 heterocycles. The van der Waals surface area contributed by atoms with Crippen LogP contribution in [0, 0.1) is 0 Å². The quantitative estimate of drug-likeness (QED) is 0.880. The molecule has 0 aliphatic heterocycles. The molecule has 1 aromatic heterocycles. The van der Waals surface area contributed by atoms with E-state index in [9.17, 15) is 5.11 Å². The first-order valence-electron chi connectivity index (χ1n) is 5.20. The number of rotatable bonds is 3. The number of benzene rings is 1. The molecule has 0 aliphatic carbocycles. The smallest absolute Gasteiger partial charge is 0.135 e. The van der Waals surface area contributed by atoms with Crippen molar-refractivity contribution in [2.24, 2.45) is 0 Å². The van der Waals surface area contributed by atoms with E-state index in [1.165, 1.54) is 6.08 Å². The van der Waals surface area contributed by atoms with Crippen LogP contribution in [-0.2, 0) is 5.60 Å². The van der Waals surface area contributed by atoms with Gasteiger partial charge < -0.3 is 5.11 Å². The minimum Gasteiger partial charge on any atom is -0.377 e. The maximum absolute atomic E-state index is 10.8. The number of aliphatic hydroxyl groups is 1. The van der Waals surface area contributed by atoms with Crippen molar-refractivity contribution in [2.45, 2.75) is 5.60 Å². The molecule has 0 unspecified atom stereocenters. The highest BCUT2D eigenvalue weighted by atomic mass is 79.9. The summed E-state index contributed by atoms with van der Waals surface area (Å²) >= 11 is 3.44. The largest absolute Gasteiger partial charge is 0.377 e. The highest BCUT2D eigenvalue weighted by molar-refractivity contribution is 9.10. The monoisotopic (exact) mass is 289 g/mol. The van der Waals surface area contributed by atoms with Crippen LogP contribution in [0.4, 0.5) is 0 Å². The Morgan fingerprint density at radius 2 is 2.00 bits per heavy atom. The van der Waals surface area contributed by atoms with Gasteiger partial charge in [0, 0.05) is 28.0 Å². The molecule has 0 fully saturated rings. The summed E-state index contributed by atoms with van der Waals surface area (Å²) in [6.07, 6.45) is 4.83. The first-order chi connectivity index (χ1) is 8.18. The predicted octanol–water partition coefficient (Wildman–Crippen LogP) is 3.27. The van der Waals surface area contributed by atoms with E-state index >= 15 is 0 Å². The van der Waals surface area contributed by atoms with Crippen LogP contribution in [0.2, 0.25) is 0 Å². The van der Waals surface area contributed by atoms with E-state index in [0.717, 1.165) is 10.0 Å². The number of nitrogens with zero attached hydrogens (tertiary/aromatic N) is 1. The average molecular weight is 290 g/mol. The summed E-state index contributed by atoms with van der Waals surface area (Å²) < 4.78 is 0.839. The molecule has 0 saturated heterocycles. The van der Waals surface area contributed by atoms with Gasteiger partial charge in [-0.1, -0.05) is 52.9 Å². The van der Waals surface area contributed by atoms with Crippen molar-refractivity contribution in [3.63, 3.8) is 0 Å². The van der Waals surface area contributed by atoms with Gasteiger partial charge in [-0.3, -0.25) is 4.98 Å². The first-order valence-corrected chi connectivity index (χ1v) is 5.99. The summed E-state index contributed by atoms with van der Waals surface area (Å²) in [5, 5.41) is 10.8. The summed E-state index contributed by atoms with van der Waals surface area (Å²) in [4.78, 5) is 4.03. The molecular formula is C14H12BrNO. The Morgan fingerprint density at radius 1 is 1.24 bits per heavy atom. The summed E-state index contributed by atoms with van der Waals surface area (Å²) in [7, 11) is 0. The molecule has 0 saturated carbocycles. The second-order valence-corrected chi connectivity index (χ2v) is 4.55. The van der Waals surface area contributed by atoms with Gasteiger partial charge in [0.1, 0.15) is 5.60 Å². The van der Waals surface area contributed by atoms with Gasteiger partial charge in [-0.2, -0.15) is 0 Å². The topological polar surface area (TPSA) is 33.1 Å². The zero-order valence-corrected chi connectivity index (χ0v) is 10.8. The van der Waals surface area contributed by atoms with Crippen LogP contribution in [0.25, 0.3) is 0 Å². The second kappa shape index (κ2) is 4.82. The third-order valence-corrected chi connectivity index (χ3v) is 3.37. The van der Waals surface area contributed by atoms with Crippen molar-refractivity contribution in [1.82, 2.24) is 4.98 Å². The van der Waals surface area contributed by atoms with Gasteiger partial charge >= 0.3 is 0 Å². The number of aromatic nitrogens is 1. The van der Waals surface area contributed by atoms with Crippen molar-refractivity contribution in [1.29, 1.82) is 0 Å². The van der Waals surface area contributed by atoms with Crippen molar-refractivity contribution < 1.29 is 5.11 Å². The molecule has 0 bridgehead atoms. The van der Waals surface area contributed by atoms with Crippen LogP contribution in [0.5, 0.6) is 0 Å². The van der Waals surface area contributed by atoms with Crippen molar-refractivity contribution >= 4 is 15.9 Å². The van der Waals surface area contributed by atoms with Crippen LogP contribution in [0.3, 0.4) is 0 Å². The summed E-state index contributed by atoms with van der Waals surface area (Å²) in [6.45, 7) is 3.73. The molecule has 3 heteroatoms. The SMILES string of the molecule is C=C[C@](O)(c1cccnc1)c1ccccc1Br. The molecule has 0 amide bonds. The molecule has 1 aromatic carbocycles. The van der Waals surface area contributed by atoms with Gasteiger partial charge in [0.05, 0.1) is 0 Å². The van der Waals surface area contributed by atoms with Crippen LogP contribution in [-0.4, -0.2) is 10.1 Å². The lowest BCUT2D eigenvalue weighted by Gasteiger charge is -2.26. The van der Waals surface area contributed by atoms with Gasteiger partial charge in [0.2, 0.25) is 0 Å². The summed E-state index contributed by atoms with van der Waals surface area (Å²) in [5.41, 5.74) is 0.221. The Bertz CT molecular complexity index is 527. The minimum atomic E-state index is -1.23. The van der Waals surface area contributed by atoms with Crippen LogP contribution >= 0.6 is 15.9 Å². The van der Waals surface area contributed by atoms with Crippen molar-refractivity contribution in [2.75, 3.05) is 0 Å². The van der Waals surface area contributed by atoms with E-state index in [4.69, 9.17) is 0 Å². The molecular weight excluding hydrogens is 278 g/mol. The number of hydrogen-bond acceptors (Lipinski definition) is 2. The molecule has 2 nitrogen and oxygen atoms in total. The Kier molecular flexibility index (Phi) is 3.41. The molecule has 2 aromatic rings. The zero-order chi connectivity index (χ0) is 12.3. The molecule has 0 aliphatic rings. The fourth-order valence-corrected chi connectivity index (χ4v) is 2.33. The summed E-state index contributed by atoms with van der Waals surface area (Å²) in [6, 6.07) is 11.2. The van der Waals surface area contributed by atoms with Gasteiger partial charge in [-0.05, 0) is 12.1 Å². The fraction of sp³-hybridized carbons (Fsp3) is 0.0714. The zero-order valence-electron chi connectivity index (χ0n) is 9.18. The summed E-state index contributed by atoms with van der Waals surface area (Å²) in [5.74, 6) is 0. The highest BCUT2D eigenvalue weighted by Gasteiger charge is 2.29. The Labute approximate surface area is 109 Å². The lowest BCUT2D eigenvalue weighted by Crippen LogP contribution is -2.24. The molecule has 86 valence electrons. The number of pyridine rings is 1. The van der Waals surface area contributed by atoms with Crippen LogP contribution in [0.15, 0.2) is 65.9 Å².